The van der Waals surface area contributed by atoms with E-state index in [0.29, 0.717) is 25.7 Å². The standard InChI is InChI=1S/C89H174O17P2/c1-7-9-11-13-15-17-19-21-22-23-24-25-26-27-28-37-43-49-55-61-67-73-88(93)105-85(78-100-87(92)72-66-60-54-48-42-36-31-29-34-39-45-51-57-63-69-81(3)4)80-104-108(97,98)102-76-83(90)75-101-107(95,96)103-79-84(77-99-86(91)71-65-59-53-47-41-33-20-18-16-14-12-10-8-2)106-89(94)74-68-62-56-50-44-38-32-30-35-40-46-52-58-64-70-82(5)6/h81-85,90H,7-80H2,1-6H3,(H,95,96)(H,97,98)/t83-,84+,85+/m0/s1. The van der Waals surface area contributed by atoms with Crippen molar-refractivity contribution in [3.63, 3.8) is 0 Å². The van der Waals surface area contributed by atoms with Crippen LogP contribution in [0.25, 0.3) is 0 Å². The number of hydrogen-bond acceptors (Lipinski definition) is 15. The van der Waals surface area contributed by atoms with Gasteiger partial charge in [-0.15, -0.1) is 0 Å². The quantitative estimate of drug-likeness (QED) is 0.0222. The highest BCUT2D eigenvalue weighted by atomic mass is 31.2. The molecule has 0 saturated carbocycles. The van der Waals surface area contributed by atoms with Crippen LogP contribution in [0.15, 0.2) is 0 Å². The van der Waals surface area contributed by atoms with Crippen molar-refractivity contribution in [3.8, 4) is 0 Å². The van der Waals surface area contributed by atoms with Gasteiger partial charge >= 0.3 is 39.5 Å². The van der Waals surface area contributed by atoms with Crippen LogP contribution in [0.4, 0.5) is 0 Å². The van der Waals surface area contributed by atoms with Crippen molar-refractivity contribution in [2.24, 2.45) is 11.8 Å². The normalized spacial score (nSPS) is 13.8. The first kappa shape index (κ1) is 106. The number of carbonyl (C=O) groups is 4. The van der Waals surface area contributed by atoms with Crippen molar-refractivity contribution in [1.82, 2.24) is 0 Å². The molecule has 0 amide bonds. The summed E-state index contributed by atoms with van der Waals surface area (Å²) in [5.74, 6) is -0.502. The second-order valence-corrected chi connectivity index (χ2v) is 35.8. The predicted octanol–water partition coefficient (Wildman–Crippen LogP) is 27.4. The Morgan fingerprint density at radius 2 is 0.426 bits per heavy atom. The second kappa shape index (κ2) is 80.3. The maximum Gasteiger partial charge on any atom is 0.472 e. The van der Waals surface area contributed by atoms with E-state index in [1.807, 2.05) is 0 Å². The van der Waals surface area contributed by atoms with Crippen LogP contribution in [0, 0.1) is 11.8 Å². The molecule has 642 valence electrons. The monoisotopic (exact) mass is 1580 g/mol. The van der Waals surface area contributed by atoms with E-state index < -0.39 is 97.5 Å². The van der Waals surface area contributed by atoms with Crippen LogP contribution >= 0.6 is 15.6 Å². The zero-order valence-electron chi connectivity index (χ0n) is 71.2. The Hall–Kier alpha value is -1.94. The Kier molecular flexibility index (Phi) is 78.8. The lowest BCUT2D eigenvalue weighted by atomic mass is 10.0. The van der Waals surface area contributed by atoms with Crippen LogP contribution in [0.5, 0.6) is 0 Å². The van der Waals surface area contributed by atoms with Crippen molar-refractivity contribution >= 4 is 39.5 Å². The average molecular weight is 1580 g/mol. The fourth-order valence-electron chi connectivity index (χ4n) is 14.0. The summed E-state index contributed by atoms with van der Waals surface area (Å²) in [5.41, 5.74) is 0. The largest absolute Gasteiger partial charge is 0.472 e. The molecule has 0 fully saturated rings. The molecule has 19 heteroatoms. The van der Waals surface area contributed by atoms with Gasteiger partial charge in [-0.3, -0.25) is 37.3 Å². The number of hydrogen-bond donors (Lipinski definition) is 3. The topological polar surface area (TPSA) is 237 Å². The fourth-order valence-corrected chi connectivity index (χ4v) is 15.5. The van der Waals surface area contributed by atoms with E-state index in [-0.39, 0.29) is 25.7 Å². The van der Waals surface area contributed by atoms with Crippen LogP contribution in [0.1, 0.15) is 478 Å². The first-order valence-corrected chi connectivity index (χ1v) is 49.0. The maximum atomic E-state index is 13.2. The number of phosphoric acid groups is 2. The molecule has 0 spiro atoms. The molecule has 0 radical (unpaired) electrons. The SMILES string of the molecule is CCCCCCCCCCCCCCCCCCCCCCCC(=O)O[C@H](COC(=O)CCCCCCCCCCCCCCCCC(C)C)COP(=O)(O)OC[C@@H](O)COP(=O)(O)OC[C@@H](COC(=O)CCCCCCCCCCCCCCC)OC(=O)CCCCCCCCCCCCCCCCC(C)C. The number of ether oxygens (including phenoxy) is 4. The Morgan fingerprint density at radius 1 is 0.250 bits per heavy atom. The summed E-state index contributed by atoms with van der Waals surface area (Å²) in [7, 11) is -9.93. The highest BCUT2D eigenvalue weighted by Gasteiger charge is 2.31. The molecular formula is C89H174O17P2. The Labute approximate surface area is 664 Å². The summed E-state index contributed by atoms with van der Waals surface area (Å²) in [6.07, 6.45) is 73.5. The summed E-state index contributed by atoms with van der Waals surface area (Å²) < 4.78 is 69.0. The first-order valence-electron chi connectivity index (χ1n) is 46.0. The zero-order chi connectivity index (χ0) is 79.2. The van der Waals surface area contributed by atoms with E-state index in [1.54, 1.807) is 0 Å². The van der Waals surface area contributed by atoms with Gasteiger partial charge in [-0.1, -0.05) is 427 Å². The lowest BCUT2D eigenvalue weighted by molar-refractivity contribution is -0.161. The third-order valence-electron chi connectivity index (χ3n) is 21.0. The molecule has 0 rings (SSSR count). The van der Waals surface area contributed by atoms with Gasteiger partial charge in [0.15, 0.2) is 12.2 Å². The highest BCUT2D eigenvalue weighted by Crippen LogP contribution is 2.45. The van der Waals surface area contributed by atoms with Crippen molar-refractivity contribution in [3.05, 3.63) is 0 Å². The third-order valence-corrected chi connectivity index (χ3v) is 22.9. The minimum absolute atomic E-state index is 0.108. The molecule has 0 aromatic heterocycles. The van der Waals surface area contributed by atoms with Gasteiger partial charge in [-0.05, 0) is 37.5 Å². The molecule has 0 aromatic rings. The van der Waals surface area contributed by atoms with E-state index in [9.17, 15) is 43.2 Å². The molecule has 0 aliphatic carbocycles. The summed E-state index contributed by atoms with van der Waals surface area (Å²) >= 11 is 0. The minimum atomic E-state index is -4.97. The lowest BCUT2D eigenvalue weighted by Gasteiger charge is -2.21. The van der Waals surface area contributed by atoms with E-state index in [2.05, 4.69) is 41.5 Å². The third kappa shape index (κ3) is 82.1. The molecule has 0 aromatic carbocycles. The summed E-state index contributed by atoms with van der Waals surface area (Å²) in [4.78, 5) is 73.4. The summed E-state index contributed by atoms with van der Waals surface area (Å²) in [6.45, 7) is 9.74. The molecule has 2 unspecified atom stereocenters. The van der Waals surface area contributed by atoms with E-state index in [4.69, 9.17) is 37.0 Å². The molecule has 0 aliphatic rings. The first-order chi connectivity index (χ1) is 52.4. The molecule has 3 N–H and O–H groups in total. The number of esters is 4. The highest BCUT2D eigenvalue weighted by molar-refractivity contribution is 7.47. The van der Waals surface area contributed by atoms with Gasteiger partial charge in [0.1, 0.15) is 19.3 Å². The molecule has 0 saturated heterocycles. The summed E-state index contributed by atoms with van der Waals surface area (Å²) in [6, 6.07) is 0. The van der Waals surface area contributed by atoms with Gasteiger partial charge in [-0.2, -0.15) is 0 Å². The van der Waals surface area contributed by atoms with Gasteiger partial charge in [0, 0.05) is 25.7 Å². The number of phosphoric ester groups is 2. The van der Waals surface area contributed by atoms with Crippen molar-refractivity contribution in [1.29, 1.82) is 0 Å². The Balaban J connectivity index is 5.26. The van der Waals surface area contributed by atoms with Gasteiger partial charge in [-0.25, -0.2) is 9.13 Å². The molecule has 0 bridgehead atoms. The predicted molar refractivity (Wildman–Crippen MR) is 446 cm³/mol. The van der Waals surface area contributed by atoms with E-state index in [1.165, 1.54) is 295 Å². The van der Waals surface area contributed by atoms with Gasteiger partial charge in [0.05, 0.1) is 26.4 Å². The lowest BCUT2D eigenvalue weighted by Crippen LogP contribution is -2.30. The smallest absolute Gasteiger partial charge is 0.462 e. The van der Waals surface area contributed by atoms with Gasteiger partial charge < -0.3 is 33.8 Å². The van der Waals surface area contributed by atoms with E-state index in [0.717, 1.165) is 102 Å². The number of aliphatic hydroxyl groups excluding tert-OH is 1. The van der Waals surface area contributed by atoms with Crippen molar-refractivity contribution < 1.29 is 80.2 Å². The zero-order valence-corrected chi connectivity index (χ0v) is 73.0. The van der Waals surface area contributed by atoms with Crippen LogP contribution < -0.4 is 0 Å². The molecule has 108 heavy (non-hydrogen) atoms. The Morgan fingerprint density at radius 3 is 0.630 bits per heavy atom. The molecule has 0 aliphatic heterocycles. The molecule has 5 atom stereocenters. The molecule has 0 heterocycles. The van der Waals surface area contributed by atoms with Gasteiger partial charge in [0.25, 0.3) is 0 Å². The van der Waals surface area contributed by atoms with Crippen LogP contribution in [0.2, 0.25) is 0 Å². The average Bonchev–Trinajstić information content (AvgIpc) is 0.898. The number of unbranched alkanes of at least 4 members (excludes halogenated alkanes) is 58. The number of rotatable bonds is 88. The summed E-state index contributed by atoms with van der Waals surface area (Å²) in [5, 5.41) is 10.7. The second-order valence-electron chi connectivity index (χ2n) is 32.9. The fraction of sp³-hybridized carbons (Fsp3) is 0.955. The minimum Gasteiger partial charge on any atom is -0.462 e. The molecule has 17 nitrogen and oxygen atoms in total. The Bertz CT molecular complexity index is 2060. The van der Waals surface area contributed by atoms with Gasteiger partial charge in [0.2, 0.25) is 0 Å². The van der Waals surface area contributed by atoms with Crippen molar-refractivity contribution in [2.45, 2.75) is 496 Å². The number of carbonyl (C=O) groups excluding carboxylic acids is 4. The van der Waals surface area contributed by atoms with Crippen molar-refractivity contribution in [2.75, 3.05) is 39.6 Å². The van der Waals surface area contributed by atoms with E-state index >= 15 is 0 Å². The molecular weight excluding hydrogens is 1400 g/mol. The van der Waals surface area contributed by atoms with Crippen LogP contribution in [0.3, 0.4) is 0 Å². The van der Waals surface area contributed by atoms with Crippen LogP contribution in [-0.4, -0.2) is 96.7 Å². The van der Waals surface area contributed by atoms with Crippen LogP contribution in [-0.2, 0) is 65.4 Å². The number of aliphatic hydroxyl groups is 1. The maximum absolute atomic E-state index is 13.2.